The van der Waals surface area contributed by atoms with Crippen molar-refractivity contribution in [3.8, 4) is 0 Å². The standard InChI is InChI=1S/C17H25F2NO/c1-12-6-8-17(21-3,9-7-12)16(20-2)11-13-4-5-14(18)15(19)10-13/h4-5,10,12,16,20H,6-9,11H2,1-3H3. The van der Waals surface area contributed by atoms with Crippen LogP contribution in [0.5, 0.6) is 0 Å². The summed E-state index contributed by atoms with van der Waals surface area (Å²) in [4.78, 5) is 0. The highest BCUT2D eigenvalue weighted by atomic mass is 19.2. The molecular formula is C17H25F2NO. The van der Waals surface area contributed by atoms with Gasteiger partial charge in [-0.2, -0.15) is 0 Å². The average Bonchev–Trinajstić information content (AvgIpc) is 2.50. The number of hydrogen-bond acceptors (Lipinski definition) is 2. The van der Waals surface area contributed by atoms with E-state index in [1.165, 1.54) is 12.1 Å². The summed E-state index contributed by atoms with van der Waals surface area (Å²) in [6.45, 7) is 2.27. The van der Waals surface area contributed by atoms with Crippen LogP contribution in [-0.4, -0.2) is 25.8 Å². The average molecular weight is 297 g/mol. The normalized spacial score (nSPS) is 27.6. The molecule has 1 saturated carbocycles. The number of methoxy groups -OCH3 is 1. The molecule has 4 heteroatoms. The second-order valence-electron chi connectivity index (χ2n) is 6.25. The van der Waals surface area contributed by atoms with Gasteiger partial charge in [-0.3, -0.25) is 0 Å². The Balaban J connectivity index is 2.15. The molecule has 2 rings (SSSR count). The molecule has 0 bridgehead atoms. The molecule has 21 heavy (non-hydrogen) atoms. The number of ether oxygens (including phenoxy) is 1. The third kappa shape index (κ3) is 3.61. The smallest absolute Gasteiger partial charge is 0.159 e. The van der Waals surface area contributed by atoms with Gasteiger partial charge in [-0.1, -0.05) is 13.0 Å². The zero-order chi connectivity index (χ0) is 15.5. The second-order valence-corrected chi connectivity index (χ2v) is 6.25. The molecule has 0 aliphatic heterocycles. The van der Waals surface area contributed by atoms with Crippen LogP contribution in [0.25, 0.3) is 0 Å². The van der Waals surface area contributed by atoms with Crippen LogP contribution < -0.4 is 5.32 Å². The Labute approximate surface area is 125 Å². The van der Waals surface area contributed by atoms with Crippen molar-refractivity contribution in [2.45, 2.75) is 50.7 Å². The molecule has 2 nitrogen and oxygen atoms in total. The monoisotopic (exact) mass is 297 g/mol. The van der Waals surface area contributed by atoms with E-state index in [-0.39, 0.29) is 11.6 Å². The number of hydrogen-bond donors (Lipinski definition) is 1. The van der Waals surface area contributed by atoms with Gasteiger partial charge in [0.05, 0.1) is 5.60 Å². The van der Waals surface area contributed by atoms with Crippen LogP contribution in [0.4, 0.5) is 8.78 Å². The van der Waals surface area contributed by atoms with E-state index in [1.807, 2.05) is 7.05 Å². The topological polar surface area (TPSA) is 21.3 Å². The maximum absolute atomic E-state index is 13.4. The van der Waals surface area contributed by atoms with Crippen LogP contribution in [0, 0.1) is 17.6 Å². The van der Waals surface area contributed by atoms with Gasteiger partial charge >= 0.3 is 0 Å². The fourth-order valence-electron chi connectivity index (χ4n) is 3.40. The predicted octanol–water partition coefficient (Wildman–Crippen LogP) is 3.69. The van der Waals surface area contributed by atoms with E-state index in [0.717, 1.165) is 37.2 Å². The highest BCUT2D eigenvalue weighted by molar-refractivity contribution is 5.20. The number of benzene rings is 1. The first-order valence-corrected chi connectivity index (χ1v) is 7.67. The highest BCUT2D eigenvalue weighted by Crippen LogP contribution is 2.37. The van der Waals surface area contributed by atoms with E-state index < -0.39 is 11.6 Å². The summed E-state index contributed by atoms with van der Waals surface area (Å²) in [5.74, 6) is -0.854. The number of nitrogens with one attached hydrogen (secondary N) is 1. The van der Waals surface area contributed by atoms with E-state index >= 15 is 0 Å². The second kappa shape index (κ2) is 6.84. The Morgan fingerprint density at radius 1 is 1.29 bits per heavy atom. The molecule has 1 aromatic rings. The predicted molar refractivity (Wildman–Crippen MR) is 80.3 cm³/mol. The van der Waals surface area contributed by atoms with E-state index in [4.69, 9.17) is 4.74 Å². The van der Waals surface area contributed by atoms with Crippen molar-refractivity contribution in [1.82, 2.24) is 5.32 Å². The Morgan fingerprint density at radius 2 is 1.95 bits per heavy atom. The molecule has 0 amide bonds. The molecule has 0 aromatic heterocycles. The SMILES string of the molecule is CNC(Cc1ccc(F)c(F)c1)C1(OC)CCC(C)CC1. The van der Waals surface area contributed by atoms with Crippen LogP contribution in [-0.2, 0) is 11.2 Å². The van der Waals surface area contributed by atoms with Crippen molar-refractivity contribution < 1.29 is 13.5 Å². The zero-order valence-corrected chi connectivity index (χ0v) is 13.1. The first-order chi connectivity index (χ1) is 10.0. The van der Waals surface area contributed by atoms with Gasteiger partial charge in [0.25, 0.3) is 0 Å². The molecule has 1 N–H and O–H groups in total. The maximum Gasteiger partial charge on any atom is 0.159 e. The number of halogens is 2. The molecule has 1 atom stereocenters. The van der Waals surface area contributed by atoms with Gasteiger partial charge < -0.3 is 10.1 Å². The molecule has 1 aromatic carbocycles. The van der Waals surface area contributed by atoms with Crippen molar-refractivity contribution in [3.63, 3.8) is 0 Å². The summed E-state index contributed by atoms with van der Waals surface area (Å²) in [6.07, 6.45) is 4.92. The quantitative estimate of drug-likeness (QED) is 0.895. The summed E-state index contributed by atoms with van der Waals surface area (Å²) in [6, 6.07) is 4.23. The van der Waals surface area contributed by atoms with E-state index in [2.05, 4.69) is 12.2 Å². The van der Waals surface area contributed by atoms with Crippen molar-refractivity contribution in [3.05, 3.63) is 35.4 Å². The van der Waals surface area contributed by atoms with Crippen LogP contribution in [0.2, 0.25) is 0 Å². The lowest BCUT2D eigenvalue weighted by atomic mass is 9.74. The lowest BCUT2D eigenvalue weighted by Crippen LogP contribution is -2.54. The van der Waals surface area contributed by atoms with Crippen molar-refractivity contribution in [1.29, 1.82) is 0 Å². The highest BCUT2D eigenvalue weighted by Gasteiger charge is 2.40. The Hall–Kier alpha value is -1.00. The molecule has 0 radical (unpaired) electrons. The minimum atomic E-state index is -0.798. The fourth-order valence-corrected chi connectivity index (χ4v) is 3.40. The summed E-state index contributed by atoms with van der Waals surface area (Å²) < 4.78 is 32.3. The van der Waals surface area contributed by atoms with Gasteiger partial charge in [-0.25, -0.2) is 8.78 Å². The molecular weight excluding hydrogens is 272 g/mol. The minimum absolute atomic E-state index is 0.0971. The maximum atomic E-state index is 13.4. The van der Waals surface area contributed by atoms with Crippen LogP contribution in [0.1, 0.15) is 38.2 Å². The third-order valence-corrected chi connectivity index (χ3v) is 4.93. The van der Waals surface area contributed by atoms with Gasteiger partial charge in [0, 0.05) is 13.2 Å². The van der Waals surface area contributed by atoms with Crippen LogP contribution >= 0.6 is 0 Å². The number of likely N-dealkylation sites (N-methyl/N-ethyl adjacent to an activating group) is 1. The van der Waals surface area contributed by atoms with E-state index in [9.17, 15) is 8.78 Å². The van der Waals surface area contributed by atoms with Gasteiger partial charge in [0.15, 0.2) is 11.6 Å². The number of rotatable bonds is 5. The Morgan fingerprint density at radius 3 is 2.48 bits per heavy atom. The lowest BCUT2D eigenvalue weighted by Gasteiger charge is -2.44. The largest absolute Gasteiger partial charge is 0.377 e. The third-order valence-electron chi connectivity index (χ3n) is 4.93. The van der Waals surface area contributed by atoms with Crippen LogP contribution in [0.3, 0.4) is 0 Å². The first-order valence-electron chi connectivity index (χ1n) is 7.67. The van der Waals surface area contributed by atoms with Crippen LogP contribution in [0.15, 0.2) is 18.2 Å². The van der Waals surface area contributed by atoms with Gasteiger partial charge in [0.1, 0.15) is 0 Å². The van der Waals surface area contributed by atoms with Gasteiger partial charge in [-0.15, -0.1) is 0 Å². The summed E-state index contributed by atoms with van der Waals surface area (Å²) >= 11 is 0. The summed E-state index contributed by atoms with van der Waals surface area (Å²) in [5.41, 5.74) is 0.579. The van der Waals surface area contributed by atoms with Crippen molar-refractivity contribution in [2.75, 3.05) is 14.2 Å². The van der Waals surface area contributed by atoms with E-state index in [0.29, 0.717) is 6.42 Å². The fraction of sp³-hybridized carbons (Fsp3) is 0.647. The summed E-state index contributed by atoms with van der Waals surface area (Å²) in [7, 11) is 3.66. The molecule has 1 fully saturated rings. The molecule has 1 aliphatic carbocycles. The molecule has 118 valence electrons. The first kappa shape index (κ1) is 16.4. The molecule has 1 aliphatic rings. The Kier molecular flexibility index (Phi) is 5.33. The summed E-state index contributed by atoms with van der Waals surface area (Å²) in [5, 5.41) is 3.32. The molecule has 0 spiro atoms. The van der Waals surface area contributed by atoms with Crippen molar-refractivity contribution in [2.24, 2.45) is 5.92 Å². The molecule has 0 heterocycles. The van der Waals surface area contributed by atoms with E-state index in [1.54, 1.807) is 13.2 Å². The Bertz CT molecular complexity index is 470. The van der Waals surface area contributed by atoms with Crippen molar-refractivity contribution >= 4 is 0 Å². The lowest BCUT2D eigenvalue weighted by molar-refractivity contribution is -0.0730. The minimum Gasteiger partial charge on any atom is -0.377 e. The zero-order valence-electron chi connectivity index (χ0n) is 13.1. The van der Waals surface area contributed by atoms with Gasteiger partial charge in [-0.05, 0) is 62.8 Å². The molecule has 0 saturated heterocycles. The molecule has 1 unspecified atom stereocenters. The van der Waals surface area contributed by atoms with Gasteiger partial charge in [0.2, 0.25) is 0 Å².